The Morgan fingerprint density at radius 1 is 0.341 bits per heavy atom. The van der Waals surface area contributed by atoms with Crippen molar-refractivity contribution in [1.29, 1.82) is 0 Å². The van der Waals surface area contributed by atoms with Gasteiger partial charge in [0.15, 0.2) is 17.5 Å². The Morgan fingerprint density at radius 2 is 0.902 bits per heavy atom. The summed E-state index contributed by atoms with van der Waals surface area (Å²) in [5.74, 6) is 1.88. The second-order valence-corrected chi connectivity index (χ2v) is 10.1. The van der Waals surface area contributed by atoms with Gasteiger partial charge in [-0.05, 0) is 52.2 Å². The van der Waals surface area contributed by atoms with E-state index in [9.17, 15) is 0 Å². The van der Waals surface area contributed by atoms with Crippen LogP contribution >= 0.6 is 0 Å². The van der Waals surface area contributed by atoms with Crippen LogP contribution in [0.15, 0.2) is 144 Å². The summed E-state index contributed by atoms with van der Waals surface area (Å²) in [6.45, 7) is 0. The van der Waals surface area contributed by atoms with Crippen molar-refractivity contribution >= 4 is 32.7 Å². The van der Waals surface area contributed by atoms with E-state index >= 15 is 0 Å². The summed E-state index contributed by atoms with van der Waals surface area (Å²) in [6.07, 6.45) is 0. The SMILES string of the molecule is c1ccc(-c2nc(-c3ccccc3)nc(-c3ccc4c(c3)oc3ccc(-c5ccc6ccccc6c5)cc34)n2)cc1. The number of hydrogen-bond acceptors (Lipinski definition) is 4. The minimum absolute atomic E-state index is 0.608. The lowest BCUT2D eigenvalue weighted by molar-refractivity contribution is 0.669. The number of aromatic nitrogens is 3. The van der Waals surface area contributed by atoms with Crippen LogP contribution in [0.25, 0.3) is 78.0 Å². The molecule has 0 aliphatic rings. The fraction of sp³-hybridized carbons (Fsp3) is 0. The molecule has 0 radical (unpaired) electrons. The molecule has 0 atom stereocenters. The molecule has 0 aliphatic heterocycles. The Bertz CT molecular complexity index is 2140. The van der Waals surface area contributed by atoms with Crippen molar-refractivity contribution in [2.75, 3.05) is 0 Å². The van der Waals surface area contributed by atoms with Gasteiger partial charge in [-0.2, -0.15) is 0 Å². The van der Waals surface area contributed by atoms with Crippen LogP contribution in [-0.4, -0.2) is 15.0 Å². The summed E-state index contributed by atoms with van der Waals surface area (Å²) in [7, 11) is 0. The molecule has 8 rings (SSSR count). The van der Waals surface area contributed by atoms with Crippen LogP contribution in [0.5, 0.6) is 0 Å². The third-order valence-electron chi connectivity index (χ3n) is 7.51. The normalized spacial score (nSPS) is 11.4. The number of nitrogens with zero attached hydrogens (tertiary/aromatic N) is 3. The first-order chi connectivity index (χ1) is 20.3. The highest BCUT2D eigenvalue weighted by molar-refractivity contribution is 6.07. The zero-order valence-corrected chi connectivity index (χ0v) is 22.0. The zero-order chi connectivity index (χ0) is 27.2. The molecule has 0 unspecified atom stereocenters. The van der Waals surface area contributed by atoms with E-state index in [-0.39, 0.29) is 0 Å². The van der Waals surface area contributed by atoms with Crippen LogP contribution in [0.1, 0.15) is 0 Å². The van der Waals surface area contributed by atoms with Gasteiger partial charge in [-0.3, -0.25) is 0 Å². The maximum atomic E-state index is 6.33. The summed E-state index contributed by atoms with van der Waals surface area (Å²) < 4.78 is 6.33. The molecule has 0 fully saturated rings. The number of hydrogen-bond donors (Lipinski definition) is 0. The highest BCUT2D eigenvalue weighted by Gasteiger charge is 2.15. The Labute approximate surface area is 236 Å². The molecule has 0 N–H and O–H groups in total. The van der Waals surface area contributed by atoms with Gasteiger partial charge in [0.2, 0.25) is 0 Å². The summed E-state index contributed by atoms with van der Waals surface area (Å²) >= 11 is 0. The van der Waals surface area contributed by atoms with Gasteiger partial charge in [-0.1, -0.05) is 109 Å². The van der Waals surface area contributed by atoms with E-state index in [0.29, 0.717) is 17.5 Å². The van der Waals surface area contributed by atoms with Gasteiger partial charge in [-0.25, -0.2) is 15.0 Å². The van der Waals surface area contributed by atoms with E-state index in [1.807, 2.05) is 66.7 Å². The topological polar surface area (TPSA) is 51.8 Å². The van der Waals surface area contributed by atoms with Crippen molar-refractivity contribution in [2.45, 2.75) is 0 Å². The second kappa shape index (κ2) is 9.54. The molecule has 8 aromatic rings. The fourth-order valence-corrected chi connectivity index (χ4v) is 5.40. The van der Waals surface area contributed by atoms with Crippen LogP contribution in [0.3, 0.4) is 0 Å². The predicted octanol–water partition coefficient (Wildman–Crippen LogP) is 9.59. The molecule has 2 aromatic heterocycles. The molecule has 41 heavy (non-hydrogen) atoms. The molecule has 4 nitrogen and oxygen atoms in total. The second-order valence-electron chi connectivity index (χ2n) is 10.1. The van der Waals surface area contributed by atoms with E-state index in [4.69, 9.17) is 19.4 Å². The highest BCUT2D eigenvalue weighted by atomic mass is 16.3. The molecule has 0 spiro atoms. The first-order valence-electron chi connectivity index (χ1n) is 13.6. The summed E-state index contributed by atoms with van der Waals surface area (Å²) in [6, 6.07) is 47.7. The average molecular weight is 526 g/mol. The van der Waals surface area contributed by atoms with E-state index in [1.54, 1.807) is 0 Å². The monoisotopic (exact) mass is 525 g/mol. The van der Waals surface area contributed by atoms with Crippen molar-refractivity contribution in [3.8, 4) is 45.3 Å². The number of fused-ring (bicyclic) bond motifs is 4. The van der Waals surface area contributed by atoms with Crippen LogP contribution in [0.2, 0.25) is 0 Å². The lowest BCUT2D eigenvalue weighted by atomic mass is 9.99. The highest BCUT2D eigenvalue weighted by Crippen LogP contribution is 2.35. The minimum Gasteiger partial charge on any atom is -0.456 e. The number of rotatable bonds is 4. The Morgan fingerprint density at radius 3 is 1.61 bits per heavy atom. The third-order valence-corrected chi connectivity index (χ3v) is 7.51. The molecule has 6 aromatic carbocycles. The molecule has 4 heteroatoms. The van der Waals surface area contributed by atoms with Crippen molar-refractivity contribution in [3.05, 3.63) is 140 Å². The minimum atomic E-state index is 0.608. The van der Waals surface area contributed by atoms with Crippen molar-refractivity contribution in [1.82, 2.24) is 15.0 Å². The molecular weight excluding hydrogens is 502 g/mol. The van der Waals surface area contributed by atoms with E-state index in [2.05, 4.69) is 72.8 Å². The van der Waals surface area contributed by atoms with Gasteiger partial charge in [0.1, 0.15) is 11.2 Å². The molecule has 0 bridgehead atoms. The summed E-state index contributed by atoms with van der Waals surface area (Å²) in [4.78, 5) is 14.6. The van der Waals surface area contributed by atoms with Gasteiger partial charge in [-0.15, -0.1) is 0 Å². The smallest absolute Gasteiger partial charge is 0.164 e. The van der Waals surface area contributed by atoms with Gasteiger partial charge >= 0.3 is 0 Å². The maximum absolute atomic E-state index is 6.33. The van der Waals surface area contributed by atoms with Crippen molar-refractivity contribution < 1.29 is 4.42 Å². The van der Waals surface area contributed by atoms with Gasteiger partial charge < -0.3 is 4.42 Å². The zero-order valence-electron chi connectivity index (χ0n) is 22.0. The molecule has 192 valence electrons. The van der Waals surface area contributed by atoms with E-state index in [0.717, 1.165) is 44.2 Å². The van der Waals surface area contributed by atoms with E-state index in [1.165, 1.54) is 16.3 Å². The molecule has 0 aliphatic carbocycles. The average Bonchev–Trinajstić information content (AvgIpc) is 3.42. The van der Waals surface area contributed by atoms with Crippen LogP contribution < -0.4 is 0 Å². The number of benzene rings is 6. The molecule has 0 amide bonds. The molecule has 2 heterocycles. The first kappa shape index (κ1) is 23.3. The Hall–Kier alpha value is -5.61. The number of furan rings is 1. The summed E-state index contributed by atoms with van der Waals surface area (Å²) in [5.41, 5.74) is 6.77. The van der Waals surface area contributed by atoms with Gasteiger partial charge in [0.05, 0.1) is 0 Å². The molecular formula is C37H23N3O. The van der Waals surface area contributed by atoms with Crippen LogP contribution in [-0.2, 0) is 0 Å². The van der Waals surface area contributed by atoms with Gasteiger partial charge in [0.25, 0.3) is 0 Å². The first-order valence-corrected chi connectivity index (χ1v) is 13.6. The Balaban J connectivity index is 1.24. The lowest BCUT2D eigenvalue weighted by Crippen LogP contribution is -2.00. The summed E-state index contributed by atoms with van der Waals surface area (Å²) in [5, 5.41) is 4.62. The molecule has 0 saturated heterocycles. The predicted molar refractivity (Wildman–Crippen MR) is 166 cm³/mol. The van der Waals surface area contributed by atoms with Crippen molar-refractivity contribution in [3.63, 3.8) is 0 Å². The van der Waals surface area contributed by atoms with Crippen LogP contribution in [0.4, 0.5) is 0 Å². The largest absolute Gasteiger partial charge is 0.456 e. The third kappa shape index (κ3) is 4.23. The van der Waals surface area contributed by atoms with Crippen LogP contribution in [0, 0.1) is 0 Å². The Kier molecular flexibility index (Phi) is 5.42. The molecule has 0 saturated carbocycles. The van der Waals surface area contributed by atoms with E-state index < -0.39 is 0 Å². The van der Waals surface area contributed by atoms with Gasteiger partial charge in [0, 0.05) is 27.5 Å². The van der Waals surface area contributed by atoms with Crippen molar-refractivity contribution in [2.24, 2.45) is 0 Å². The standard InChI is InChI=1S/C37H23N3O/c1-3-10-25(11-4-1)35-38-36(26-12-5-2-6-13-26)40-37(39-35)30-17-19-31-32-22-29(18-20-33(32)41-34(31)23-30)28-16-15-24-9-7-8-14-27(24)21-28/h1-23H. The maximum Gasteiger partial charge on any atom is 0.164 e. The lowest BCUT2D eigenvalue weighted by Gasteiger charge is -2.08. The fourth-order valence-electron chi connectivity index (χ4n) is 5.40. The quantitative estimate of drug-likeness (QED) is 0.230.